The zero-order valence-electron chi connectivity index (χ0n) is 78.7. The molecule has 2 aliphatic rings. The van der Waals surface area contributed by atoms with Gasteiger partial charge in [0.05, 0.1) is 148 Å². The molecule has 17 rings (SSSR count). The first-order valence-electron chi connectivity index (χ1n) is 44.9. The van der Waals surface area contributed by atoms with Gasteiger partial charge in [0.2, 0.25) is 29.7 Å². The maximum atomic E-state index is 13.0. The number of hydrogen-bond donors (Lipinski definition) is 11. The van der Waals surface area contributed by atoms with Crippen LogP contribution in [0, 0.1) is 62.6 Å². The number of nitriles is 5. The lowest BCUT2D eigenvalue weighted by atomic mass is 9.82. The van der Waals surface area contributed by atoms with Gasteiger partial charge in [-0.05, 0) is 97.6 Å². The Labute approximate surface area is 844 Å². The van der Waals surface area contributed by atoms with Gasteiger partial charge in [0.15, 0.2) is 23.1 Å². The maximum Gasteiger partial charge on any atom is 0.417 e. The predicted octanol–water partition coefficient (Wildman–Crippen LogP) is 21.6. The Balaban J connectivity index is 0.000000153. The van der Waals surface area contributed by atoms with Crippen molar-refractivity contribution in [3.8, 4) is 86.6 Å². The molecule has 146 heavy (non-hydrogen) atoms. The van der Waals surface area contributed by atoms with E-state index in [-0.39, 0.29) is 80.0 Å². The number of H-pyrrole nitrogens is 5. The van der Waals surface area contributed by atoms with Crippen molar-refractivity contribution in [1.29, 1.82) is 26.3 Å². The molecule has 2 fully saturated rings. The van der Waals surface area contributed by atoms with Crippen LogP contribution in [0.2, 0.25) is 20.1 Å². The van der Waals surface area contributed by atoms with E-state index in [1.54, 1.807) is 82.2 Å². The highest BCUT2D eigenvalue weighted by molar-refractivity contribution is 6.32. The van der Waals surface area contributed by atoms with E-state index < -0.39 is 95.5 Å². The maximum absolute atomic E-state index is 13.0. The highest BCUT2D eigenvalue weighted by Gasteiger charge is 2.44. The standard InChI is InChI=1S/C23H25ClN6O.C21H18ClF3N6O.C18H14ClF3N6O.C18H17ClN6O.C17H13F3N6O2/c1-23(2,19(31)8-14-6-4-3-5-7-14)30-22-28-11-15(10-25)20(29-22)18-13-27-21-17(18)9-16(24)12-26-21;22-13-7-14-15(11-28-18(14)27-10-13)17-12(8-26)9-29-19(30-17)31-20(4-1-2-5-20)16(32)3-6-21(23,24)25;1-9(14(29)2-3-18(20,21)22)27-17-26-6-10(5-23)15(28-17)13-8-25-16-12(13)4-11(19)7-24-16;1-4-14(26)18(2,3)25-17-23-7-10(6-20)15(24-17)13-9-22-16-12(13)5-11(19)8-21-16;1-16(2,14(27)28)26-15-24-5-8(4-21)12(25-15)11-7-23-13-10(11)3-9(6-22-13)17(18,19)20/h9,11-14H,3-8H2,1-2H3,(H,26,27)(H,28,29,30);7,9-11H,1-6H2,(H,27,28)(H,29,30,31);4,6-9H,2-3H2,1H3,(H,24,25)(H,26,27,28);5,7-9H,4H2,1-3H3,(H,21,22)(H,23,24,25);3,5-7H,1-2H3,(H,22,23)(H,27,28)(H,24,25,26)/t;;9-;;/m..0../s1. The molecule has 0 unspecified atom stereocenters. The molecule has 0 bridgehead atoms. The molecule has 0 aromatic carbocycles. The predicted molar refractivity (Wildman–Crippen MR) is 525 cm³/mol. The van der Waals surface area contributed by atoms with Crippen LogP contribution < -0.4 is 26.6 Å². The summed E-state index contributed by atoms with van der Waals surface area (Å²) in [6.07, 6.45) is 13.6. The van der Waals surface area contributed by atoms with E-state index >= 15 is 0 Å². The van der Waals surface area contributed by atoms with Crippen LogP contribution in [0.15, 0.2) is 123 Å². The minimum Gasteiger partial charge on any atom is -0.480 e. The summed E-state index contributed by atoms with van der Waals surface area (Å²) in [5.41, 5.74) is 2.73. The zero-order valence-corrected chi connectivity index (χ0v) is 81.7. The average Bonchev–Trinajstić information content (AvgIpc) is 1.63. The normalized spacial score (nSPS) is 13.4. The Morgan fingerprint density at radius 2 is 0.740 bits per heavy atom. The summed E-state index contributed by atoms with van der Waals surface area (Å²) in [6.45, 7) is 13.3. The van der Waals surface area contributed by atoms with E-state index in [0.717, 1.165) is 29.7 Å². The van der Waals surface area contributed by atoms with Gasteiger partial charge < -0.3 is 56.6 Å². The molecule has 752 valence electrons. The van der Waals surface area contributed by atoms with Crippen molar-refractivity contribution in [2.75, 3.05) is 26.6 Å². The average molecular weight is 2080 g/mol. The minimum atomic E-state index is -4.59. The molecule has 2 saturated carbocycles. The van der Waals surface area contributed by atoms with Crippen molar-refractivity contribution >= 4 is 160 Å². The number of halogens is 13. The molecule has 0 radical (unpaired) electrons. The van der Waals surface area contributed by atoms with E-state index in [9.17, 15) is 94.9 Å². The molecule has 11 N–H and O–H groups in total. The van der Waals surface area contributed by atoms with Crippen LogP contribution in [0.25, 0.3) is 111 Å². The minimum absolute atomic E-state index is 0.0104. The van der Waals surface area contributed by atoms with Crippen molar-refractivity contribution in [3.63, 3.8) is 0 Å². The number of rotatable bonds is 27. The molecule has 0 saturated heterocycles. The Hall–Kier alpha value is -16.0. The van der Waals surface area contributed by atoms with Gasteiger partial charge in [0.25, 0.3) is 0 Å². The number of carboxylic acids is 1. The fourth-order valence-corrected chi connectivity index (χ4v) is 16.6. The van der Waals surface area contributed by atoms with Gasteiger partial charge in [-0.25, -0.2) is 79.6 Å². The second kappa shape index (κ2) is 44.9. The summed E-state index contributed by atoms with van der Waals surface area (Å²) in [5, 5.41) is 75.7. The SMILES string of the molecule is CC(C)(Nc1ncc(C#N)c(-c2c[nH]c3ncc(C(F)(F)F)cc23)n1)C(=O)O.CC(C)(Nc1ncc(C#N)c(-c2c[nH]c3ncc(Cl)cc23)n1)C(=O)CC1CCCCC1.CCC(=O)C(C)(C)Nc1ncc(C#N)c(-c2c[nH]c3ncc(Cl)cc23)n1.C[C@H](Nc1ncc(C#N)c(-c2c[nH]c3ncc(Cl)cc23)n1)C(=O)CCC(F)(F)F.N#Cc1cnc(NC2(C(=O)CCC(F)(F)F)CCCC2)nc1-c1c[nH]c2ncc(Cl)cc12. The lowest BCUT2D eigenvalue weighted by Crippen LogP contribution is -2.44. The van der Waals surface area contributed by atoms with Crippen LogP contribution in [-0.4, -0.2) is 174 Å². The quantitative estimate of drug-likeness (QED) is 0.0213. The second-order valence-corrected chi connectivity index (χ2v) is 37.3. The van der Waals surface area contributed by atoms with E-state index in [1.165, 1.54) is 89.6 Å². The molecule has 0 aliphatic heterocycles. The van der Waals surface area contributed by atoms with Gasteiger partial charge in [0, 0.05) is 142 Å². The molecule has 15 aromatic heterocycles. The summed E-state index contributed by atoms with van der Waals surface area (Å²) >= 11 is 24.2. The number of anilines is 5. The third kappa shape index (κ3) is 26.0. The first kappa shape index (κ1) is 107. The number of hydrogen-bond acceptors (Lipinski definition) is 30. The summed E-state index contributed by atoms with van der Waals surface area (Å²) in [4.78, 5) is 139. The van der Waals surface area contributed by atoms with Crippen molar-refractivity contribution in [3.05, 3.63) is 177 Å². The number of fused-ring (bicyclic) bond motifs is 5. The van der Waals surface area contributed by atoms with Crippen LogP contribution >= 0.6 is 46.4 Å². The molecular weight excluding hydrogens is 1990 g/mol. The van der Waals surface area contributed by atoms with Crippen LogP contribution in [0.5, 0.6) is 0 Å². The first-order valence-corrected chi connectivity index (χ1v) is 46.5. The number of pyridine rings is 5. The number of aromatic nitrogens is 20. The van der Waals surface area contributed by atoms with Gasteiger partial charge in [-0.2, -0.15) is 65.8 Å². The fraction of sp³-hybridized carbons (Fsp3) is 0.330. The largest absolute Gasteiger partial charge is 0.480 e. The molecule has 0 spiro atoms. The highest BCUT2D eigenvalue weighted by Crippen LogP contribution is 2.42. The summed E-state index contributed by atoms with van der Waals surface area (Å²) in [5.74, 6) is -1.07. The Bertz CT molecular complexity index is 7700. The molecule has 36 nitrogen and oxygen atoms in total. The fourth-order valence-electron chi connectivity index (χ4n) is 16.0. The number of nitrogens with one attached hydrogen (secondary N) is 10. The third-order valence-corrected chi connectivity index (χ3v) is 24.7. The van der Waals surface area contributed by atoms with Crippen molar-refractivity contribution in [2.24, 2.45) is 5.92 Å². The van der Waals surface area contributed by atoms with Crippen LogP contribution in [0.3, 0.4) is 0 Å². The molecule has 49 heteroatoms. The van der Waals surface area contributed by atoms with Gasteiger partial charge in [-0.3, -0.25) is 19.2 Å². The van der Waals surface area contributed by atoms with Gasteiger partial charge in [-0.1, -0.05) is 98.3 Å². The summed E-state index contributed by atoms with van der Waals surface area (Å²) in [6, 6.07) is 17.0. The number of carboxylic acid groups (broad SMARTS) is 1. The molecule has 0 amide bonds. The number of Topliss-reactive ketones (excluding diaryl/α,β-unsaturated/α-hetero) is 4. The van der Waals surface area contributed by atoms with Crippen molar-refractivity contribution in [2.45, 2.75) is 198 Å². The van der Waals surface area contributed by atoms with E-state index in [0.29, 0.717) is 161 Å². The topological polar surface area (TPSA) is 557 Å². The van der Waals surface area contributed by atoms with Crippen LogP contribution in [0.1, 0.15) is 185 Å². The molecule has 2 aliphatic carbocycles. The highest BCUT2D eigenvalue weighted by atomic mass is 35.5. The lowest BCUT2D eigenvalue weighted by Gasteiger charge is -2.29. The number of nitrogens with zero attached hydrogens (tertiary/aromatic N) is 20. The number of aliphatic carboxylic acids is 1. The number of aromatic amines is 5. The monoisotopic (exact) mass is 2080 g/mol. The molecular formula is C97H87Cl4F9N30O6. The zero-order chi connectivity index (χ0) is 106. The number of alkyl halides is 9. The molecule has 15 heterocycles. The number of ketones is 4. The van der Waals surface area contributed by atoms with E-state index in [2.05, 4.69) is 138 Å². The van der Waals surface area contributed by atoms with Crippen LogP contribution in [0.4, 0.5) is 69.3 Å². The Morgan fingerprint density at radius 3 is 1.08 bits per heavy atom. The molecule has 1 atom stereocenters. The summed E-state index contributed by atoms with van der Waals surface area (Å²) < 4.78 is 114. The van der Waals surface area contributed by atoms with Crippen molar-refractivity contribution in [1.82, 2.24) is 99.7 Å². The van der Waals surface area contributed by atoms with Gasteiger partial charge in [0.1, 0.15) is 64.1 Å². The Kier molecular flexibility index (Phi) is 33.0. The van der Waals surface area contributed by atoms with Gasteiger partial charge in [-0.15, -0.1) is 0 Å². The number of carbonyl (C=O) groups excluding carboxylic acids is 4. The smallest absolute Gasteiger partial charge is 0.417 e. The molecule has 15 aromatic rings. The van der Waals surface area contributed by atoms with E-state index in [4.69, 9.17) is 46.4 Å². The summed E-state index contributed by atoms with van der Waals surface area (Å²) in [7, 11) is 0. The number of carbonyl (C=O) groups is 5. The van der Waals surface area contributed by atoms with Gasteiger partial charge >= 0.3 is 24.5 Å². The van der Waals surface area contributed by atoms with E-state index in [1.807, 2.05) is 32.1 Å². The second-order valence-electron chi connectivity index (χ2n) is 35.5. The van der Waals surface area contributed by atoms with Crippen LogP contribution in [-0.2, 0) is 30.1 Å². The van der Waals surface area contributed by atoms with Crippen molar-refractivity contribution < 1.29 is 68.6 Å². The lowest BCUT2D eigenvalue weighted by molar-refractivity contribution is -0.145. The Morgan fingerprint density at radius 1 is 0.425 bits per heavy atom. The first-order chi connectivity index (χ1) is 69.1. The third-order valence-electron chi connectivity index (χ3n) is 23.9.